The zero-order valence-electron chi connectivity index (χ0n) is 14.1. The molecule has 0 saturated heterocycles. The first-order chi connectivity index (χ1) is 11.2. The van der Waals surface area contributed by atoms with Crippen LogP contribution < -0.4 is 0 Å². The largest absolute Gasteiger partial charge is 0.0914 e. The Morgan fingerprint density at radius 3 is 2.00 bits per heavy atom. The number of benzene rings is 1. The van der Waals surface area contributed by atoms with Crippen LogP contribution in [0.3, 0.4) is 0 Å². The second-order valence-corrected chi connectivity index (χ2v) is 8.30. The van der Waals surface area contributed by atoms with Gasteiger partial charge in [0.25, 0.3) is 0 Å². The van der Waals surface area contributed by atoms with Gasteiger partial charge in [0.05, 0.1) is 10.0 Å². The minimum atomic E-state index is 0.669. The second-order valence-electron chi connectivity index (χ2n) is 7.49. The van der Waals surface area contributed by atoms with Crippen molar-refractivity contribution < 1.29 is 0 Å². The number of hydrogen-bond acceptors (Lipinski definition) is 0. The van der Waals surface area contributed by atoms with E-state index in [4.69, 9.17) is 23.2 Å². The van der Waals surface area contributed by atoms with Crippen molar-refractivity contribution in [2.24, 2.45) is 17.8 Å². The SMILES string of the molecule is CC=CC1CCC(C2CCC(c3ccc(Cl)c(Cl)c3)CC2)CC1. The van der Waals surface area contributed by atoms with Gasteiger partial charge in [0, 0.05) is 0 Å². The predicted octanol–water partition coefficient (Wildman–Crippen LogP) is 7.65. The molecular formula is C21H28Cl2. The maximum Gasteiger partial charge on any atom is 0.0595 e. The fraction of sp³-hybridized carbons (Fsp3) is 0.619. The molecule has 0 radical (unpaired) electrons. The molecule has 2 aliphatic carbocycles. The van der Waals surface area contributed by atoms with Crippen LogP contribution in [0.2, 0.25) is 10.0 Å². The summed E-state index contributed by atoms with van der Waals surface area (Å²) in [7, 11) is 0. The highest BCUT2D eigenvalue weighted by molar-refractivity contribution is 6.42. The molecule has 0 bridgehead atoms. The van der Waals surface area contributed by atoms with Gasteiger partial charge in [-0.05, 0) is 99.7 Å². The average Bonchev–Trinajstić information content (AvgIpc) is 2.59. The second kappa shape index (κ2) is 8.08. The van der Waals surface area contributed by atoms with Crippen LogP contribution in [0.25, 0.3) is 0 Å². The highest BCUT2D eigenvalue weighted by Crippen LogP contribution is 2.44. The summed E-state index contributed by atoms with van der Waals surface area (Å²) in [5.74, 6) is 3.47. The monoisotopic (exact) mass is 350 g/mol. The van der Waals surface area contributed by atoms with E-state index in [0.717, 1.165) is 17.8 Å². The van der Waals surface area contributed by atoms with Gasteiger partial charge in [-0.25, -0.2) is 0 Å². The van der Waals surface area contributed by atoms with Crippen LogP contribution in [0.4, 0.5) is 0 Å². The van der Waals surface area contributed by atoms with Gasteiger partial charge in [-0.2, -0.15) is 0 Å². The third kappa shape index (κ3) is 4.34. The summed E-state index contributed by atoms with van der Waals surface area (Å²) < 4.78 is 0. The van der Waals surface area contributed by atoms with E-state index in [1.165, 1.54) is 56.9 Å². The van der Waals surface area contributed by atoms with Crippen molar-refractivity contribution in [2.75, 3.05) is 0 Å². The summed E-state index contributed by atoms with van der Waals surface area (Å²) >= 11 is 12.2. The molecule has 0 aliphatic heterocycles. The van der Waals surface area contributed by atoms with Gasteiger partial charge in [-0.3, -0.25) is 0 Å². The van der Waals surface area contributed by atoms with Crippen LogP contribution in [0.15, 0.2) is 30.4 Å². The van der Waals surface area contributed by atoms with E-state index >= 15 is 0 Å². The smallest absolute Gasteiger partial charge is 0.0595 e. The van der Waals surface area contributed by atoms with Crippen LogP contribution >= 0.6 is 23.2 Å². The lowest BCUT2D eigenvalue weighted by Crippen LogP contribution is -2.25. The normalized spacial score (nSPS) is 32.3. The van der Waals surface area contributed by atoms with Gasteiger partial charge in [0.1, 0.15) is 0 Å². The summed E-state index contributed by atoms with van der Waals surface area (Å²) in [6.45, 7) is 2.15. The molecule has 3 rings (SSSR count). The van der Waals surface area contributed by atoms with Crippen LogP contribution in [-0.2, 0) is 0 Å². The average molecular weight is 351 g/mol. The molecule has 0 unspecified atom stereocenters. The van der Waals surface area contributed by atoms with E-state index in [9.17, 15) is 0 Å². The third-order valence-corrected chi connectivity index (χ3v) is 6.87. The van der Waals surface area contributed by atoms with Crippen molar-refractivity contribution in [1.82, 2.24) is 0 Å². The van der Waals surface area contributed by atoms with E-state index in [1.807, 2.05) is 6.07 Å². The topological polar surface area (TPSA) is 0 Å². The Morgan fingerprint density at radius 1 is 0.826 bits per heavy atom. The van der Waals surface area contributed by atoms with Gasteiger partial charge in [-0.15, -0.1) is 0 Å². The summed E-state index contributed by atoms with van der Waals surface area (Å²) in [4.78, 5) is 0. The fourth-order valence-corrected chi connectivity index (χ4v) is 5.08. The molecule has 23 heavy (non-hydrogen) atoms. The van der Waals surface area contributed by atoms with Gasteiger partial charge >= 0.3 is 0 Å². The molecular weight excluding hydrogens is 323 g/mol. The molecule has 1 aromatic carbocycles. The van der Waals surface area contributed by atoms with E-state index in [-0.39, 0.29) is 0 Å². The Bertz CT molecular complexity index is 533. The minimum absolute atomic E-state index is 0.669. The van der Waals surface area contributed by atoms with Gasteiger partial charge < -0.3 is 0 Å². The summed E-state index contributed by atoms with van der Waals surface area (Å²) in [6.07, 6.45) is 15.8. The van der Waals surface area contributed by atoms with Gasteiger partial charge in [-0.1, -0.05) is 41.4 Å². The van der Waals surface area contributed by atoms with Crippen molar-refractivity contribution in [3.05, 3.63) is 46.0 Å². The lowest BCUT2D eigenvalue weighted by atomic mass is 9.68. The molecule has 126 valence electrons. The summed E-state index contributed by atoms with van der Waals surface area (Å²) in [5.41, 5.74) is 1.38. The lowest BCUT2D eigenvalue weighted by molar-refractivity contribution is 0.171. The zero-order valence-corrected chi connectivity index (χ0v) is 15.6. The van der Waals surface area contributed by atoms with E-state index in [0.29, 0.717) is 16.0 Å². The third-order valence-electron chi connectivity index (χ3n) is 6.13. The molecule has 2 aliphatic rings. The molecule has 0 atom stereocenters. The molecule has 0 spiro atoms. The molecule has 2 heteroatoms. The quantitative estimate of drug-likeness (QED) is 0.491. The summed E-state index contributed by atoms with van der Waals surface area (Å²) in [6, 6.07) is 6.20. The molecule has 2 saturated carbocycles. The highest BCUT2D eigenvalue weighted by atomic mass is 35.5. The Kier molecular flexibility index (Phi) is 6.10. The highest BCUT2D eigenvalue weighted by Gasteiger charge is 2.30. The number of allylic oxidation sites excluding steroid dienone is 2. The maximum atomic E-state index is 6.19. The molecule has 0 amide bonds. The predicted molar refractivity (Wildman–Crippen MR) is 101 cm³/mol. The van der Waals surface area contributed by atoms with E-state index in [1.54, 1.807) is 0 Å². The van der Waals surface area contributed by atoms with Crippen LogP contribution in [-0.4, -0.2) is 0 Å². The molecule has 0 heterocycles. The van der Waals surface area contributed by atoms with Crippen molar-refractivity contribution in [3.63, 3.8) is 0 Å². The van der Waals surface area contributed by atoms with E-state index < -0.39 is 0 Å². The van der Waals surface area contributed by atoms with Crippen molar-refractivity contribution >= 4 is 23.2 Å². The molecule has 0 aromatic heterocycles. The van der Waals surface area contributed by atoms with Crippen molar-refractivity contribution in [3.8, 4) is 0 Å². The Balaban J connectivity index is 1.51. The fourth-order valence-electron chi connectivity index (χ4n) is 4.77. The van der Waals surface area contributed by atoms with Crippen molar-refractivity contribution in [2.45, 2.75) is 64.2 Å². The van der Waals surface area contributed by atoms with Crippen LogP contribution in [0.1, 0.15) is 69.8 Å². The first-order valence-corrected chi connectivity index (χ1v) is 10.0. The van der Waals surface area contributed by atoms with Crippen LogP contribution in [0.5, 0.6) is 0 Å². The number of halogens is 2. The molecule has 0 N–H and O–H groups in total. The summed E-state index contributed by atoms with van der Waals surface area (Å²) in [5, 5.41) is 1.37. The Morgan fingerprint density at radius 2 is 1.43 bits per heavy atom. The minimum Gasteiger partial charge on any atom is -0.0914 e. The molecule has 0 nitrogen and oxygen atoms in total. The number of hydrogen-bond donors (Lipinski definition) is 0. The first-order valence-electron chi connectivity index (χ1n) is 9.25. The lowest BCUT2D eigenvalue weighted by Gasteiger charge is -2.37. The van der Waals surface area contributed by atoms with Gasteiger partial charge in [0.2, 0.25) is 0 Å². The van der Waals surface area contributed by atoms with Crippen molar-refractivity contribution in [1.29, 1.82) is 0 Å². The Labute approximate surface area is 151 Å². The first kappa shape index (κ1) is 17.4. The maximum absolute atomic E-state index is 6.19. The molecule has 2 fully saturated rings. The van der Waals surface area contributed by atoms with Gasteiger partial charge in [0.15, 0.2) is 0 Å². The number of rotatable bonds is 3. The Hall–Kier alpha value is -0.460. The standard InChI is InChI=1S/C21H28Cl2/c1-2-3-15-4-6-16(7-5-15)17-8-10-18(11-9-17)19-12-13-20(22)21(23)14-19/h2-3,12-18H,4-11H2,1H3. The zero-order chi connectivity index (χ0) is 16.2. The van der Waals surface area contributed by atoms with E-state index in [2.05, 4.69) is 31.2 Å². The molecule has 1 aromatic rings. The van der Waals surface area contributed by atoms with Crippen LogP contribution in [0, 0.1) is 17.8 Å².